The maximum absolute atomic E-state index is 0. The molecule has 0 unspecified atom stereocenters. The summed E-state index contributed by atoms with van der Waals surface area (Å²) in [5, 5.41) is 0. The molecule has 0 saturated heterocycles. The Morgan fingerprint density at radius 3 is 0.333 bits per heavy atom. The van der Waals surface area contributed by atoms with Gasteiger partial charge in [0.2, 0.25) is 0 Å². The summed E-state index contributed by atoms with van der Waals surface area (Å²) in [6, 6.07) is 0. The zero-order valence-electron chi connectivity index (χ0n) is 2.62. The molecule has 6 heteroatoms. The van der Waals surface area contributed by atoms with Gasteiger partial charge in [0.15, 0.2) is 0 Å². The van der Waals surface area contributed by atoms with E-state index in [0.717, 1.165) is 0 Å². The predicted molar refractivity (Wildman–Crippen MR) is 0 cm³/mol. The monoisotopic (exact) mass is 401 g/mol. The fraction of sp³-hybridized carbons (Fsp3) is 0. The third kappa shape index (κ3) is 24.4. The molecule has 0 amide bonds. The second kappa shape index (κ2) is 35.9. The van der Waals surface area contributed by atoms with Crippen molar-refractivity contribution in [3.8, 4) is 0 Å². The van der Waals surface area contributed by atoms with Crippen molar-refractivity contribution in [1.29, 1.82) is 0 Å². The summed E-state index contributed by atoms with van der Waals surface area (Å²) in [5.74, 6) is 0. The minimum atomic E-state index is 0. The van der Waals surface area contributed by atoms with Gasteiger partial charge in [-0.05, 0) is 0 Å². The van der Waals surface area contributed by atoms with Gasteiger partial charge in [0.05, 0.1) is 0 Å². The Morgan fingerprint density at radius 2 is 0.333 bits per heavy atom. The second-order valence-electron chi connectivity index (χ2n) is 0. The molecule has 0 bridgehead atoms. The molecule has 1 radical (unpaired) electrons. The molecule has 0 aromatic rings. The molecule has 0 heterocycles. The first-order valence-corrected chi connectivity index (χ1v) is 0. The van der Waals surface area contributed by atoms with E-state index in [-0.39, 0.29) is 128 Å². The summed E-state index contributed by atoms with van der Waals surface area (Å²) in [6.07, 6.45) is 0. The van der Waals surface area contributed by atoms with E-state index in [9.17, 15) is 0 Å². The Labute approximate surface area is 125 Å². The Balaban J connectivity index is 0. The molecule has 33 valence electrons. The molecule has 0 spiro atoms. The largest absolute Gasteiger partial charge is 0 e. The van der Waals surface area contributed by atoms with Crippen molar-refractivity contribution < 1.29 is 128 Å². The molecule has 6 heavy (non-hydrogen) atoms. The molecule has 0 atom stereocenters. The average Bonchev–Trinajstić information content (AvgIpc) is 0. The maximum atomic E-state index is 0. The Morgan fingerprint density at radius 1 is 0.333 bits per heavy atom. The molecule has 0 aliphatic rings. The summed E-state index contributed by atoms with van der Waals surface area (Å²) in [4.78, 5) is 0. The Hall–Kier alpha value is 4.03. The van der Waals surface area contributed by atoms with Crippen LogP contribution in [0.1, 0.15) is 0 Å². The van der Waals surface area contributed by atoms with Crippen LogP contribution in [0.3, 0.4) is 0 Å². The van der Waals surface area contributed by atoms with Gasteiger partial charge in [-0.25, -0.2) is 0 Å². The number of hydrogen-bond donors (Lipinski definition) is 0. The third-order valence-corrected chi connectivity index (χ3v) is 0. The van der Waals surface area contributed by atoms with E-state index in [1.807, 2.05) is 0 Å². The molecule has 0 aliphatic heterocycles. The second-order valence-corrected chi connectivity index (χ2v) is 0. The first-order valence-electron chi connectivity index (χ1n) is 0. The van der Waals surface area contributed by atoms with E-state index in [1.54, 1.807) is 0 Å². The van der Waals surface area contributed by atoms with Crippen LogP contribution in [-0.4, -0.2) is 0 Å². The van der Waals surface area contributed by atoms with Crippen LogP contribution < -0.4 is 0 Å². The van der Waals surface area contributed by atoms with Gasteiger partial charge in [-0.15, -0.1) is 0 Å². The average molecular weight is 401 g/mol. The maximum Gasteiger partial charge on any atom is 0 e. The minimum Gasteiger partial charge on any atom is 0 e. The minimum absolute atomic E-state index is 0. The van der Waals surface area contributed by atoms with Crippen molar-refractivity contribution in [3.05, 3.63) is 0 Å². The van der Waals surface area contributed by atoms with Crippen LogP contribution in [0.4, 0.5) is 0 Å². The van der Waals surface area contributed by atoms with Crippen molar-refractivity contribution in [2.45, 2.75) is 0 Å². The fourth-order valence-corrected chi connectivity index (χ4v) is 0. The van der Waals surface area contributed by atoms with Crippen molar-refractivity contribution in [1.82, 2.24) is 0 Å². The van der Waals surface area contributed by atoms with Crippen molar-refractivity contribution in [2.75, 3.05) is 0 Å². The number of rotatable bonds is 0. The van der Waals surface area contributed by atoms with Crippen LogP contribution in [0.15, 0.2) is 0 Å². The van der Waals surface area contributed by atoms with Crippen molar-refractivity contribution in [3.63, 3.8) is 0 Å². The fourth-order valence-electron chi connectivity index (χ4n) is 0. The van der Waals surface area contributed by atoms with Crippen molar-refractivity contribution >= 4 is 0 Å². The molecule has 0 fully saturated rings. The van der Waals surface area contributed by atoms with Gasteiger partial charge in [-0.2, -0.15) is 0 Å². The van der Waals surface area contributed by atoms with E-state index in [2.05, 4.69) is 0 Å². The normalized spacial score (nSPS) is 0. The molecule has 0 N–H and O–H groups in total. The number of hydrogen-bond acceptors (Lipinski definition) is 0. The molecular formula is Cr5Pr. The van der Waals surface area contributed by atoms with Gasteiger partial charge in [-0.1, -0.05) is 0 Å². The zero-order valence-corrected chi connectivity index (χ0v) is 12.7. The summed E-state index contributed by atoms with van der Waals surface area (Å²) < 4.78 is 0. The first-order chi connectivity index (χ1) is 0. The third-order valence-electron chi connectivity index (χ3n) is 0. The van der Waals surface area contributed by atoms with E-state index >= 15 is 0 Å². The standard InChI is InChI=1S/5Cr.Pr. The molecule has 0 aromatic heterocycles. The van der Waals surface area contributed by atoms with Crippen LogP contribution in [0.2, 0.25) is 0 Å². The van der Waals surface area contributed by atoms with E-state index in [0.29, 0.717) is 0 Å². The zero-order chi connectivity index (χ0) is 0. The predicted octanol–water partition coefficient (Wildman–Crippen LogP) is -0.0125. The molecular weight excluding hydrogens is 401 g/mol. The summed E-state index contributed by atoms with van der Waals surface area (Å²) >= 11 is 0. The summed E-state index contributed by atoms with van der Waals surface area (Å²) in [7, 11) is 0. The van der Waals surface area contributed by atoms with Crippen molar-refractivity contribution in [2.24, 2.45) is 0 Å². The Kier molecular flexibility index (Phi) is 301. The Bertz CT molecular complexity index is 3.90. The van der Waals surface area contributed by atoms with E-state index < -0.39 is 0 Å². The van der Waals surface area contributed by atoms with Crippen LogP contribution in [0, 0.1) is 41.3 Å². The van der Waals surface area contributed by atoms with Gasteiger partial charge in [-0.3, -0.25) is 0 Å². The smallest absolute Gasteiger partial charge is 0 e. The van der Waals surface area contributed by atoms with Gasteiger partial charge in [0.25, 0.3) is 0 Å². The van der Waals surface area contributed by atoms with Gasteiger partial charge < -0.3 is 0 Å². The van der Waals surface area contributed by atoms with Crippen LogP contribution in [0.25, 0.3) is 0 Å². The molecule has 0 saturated carbocycles. The molecule has 0 aromatic carbocycles. The quantitative estimate of drug-likeness (QED) is 0.536. The van der Waals surface area contributed by atoms with Crippen LogP contribution in [0.5, 0.6) is 0 Å². The van der Waals surface area contributed by atoms with Gasteiger partial charge >= 0.3 is 0 Å². The topological polar surface area (TPSA) is 0 Å². The molecule has 0 rings (SSSR count). The van der Waals surface area contributed by atoms with Crippen LogP contribution >= 0.6 is 0 Å². The molecule has 0 nitrogen and oxygen atoms in total. The first kappa shape index (κ1) is 50.4. The van der Waals surface area contributed by atoms with Crippen LogP contribution in [-0.2, 0) is 86.8 Å². The molecule has 0 aliphatic carbocycles. The summed E-state index contributed by atoms with van der Waals surface area (Å²) in [6.45, 7) is 0. The SMILES string of the molecule is [Cr].[Cr].[Cr].[Cr].[Cr].[Pr]. The van der Waals surface area contributed by atoms with E-state index in [1.165, 1.54) is 0 Å². The summed E-state index contributed by atoms with van der Waals surface area (Å²) in [5.41, 5.74) is 0. The van der Waals surface area contributed by atoms with Gasteiger partial charge in [0, 0.05) is 128 Å². The van der Waals surface area contributed by atoms with Gasteiger partial charge in [0.1, 0.15) is 0 Å². The van der Waals surface area contributed by atoms with E-state index in [4.69, 9.17) is 0 Å².